The predicted octanol–water partition coefficient (Wildman–Crippen LogP) is -1.15. The van der Waals surface area contributed by atoms with Crippen LogP contribution in [0.5, 0.6) is 0 Å². The van der Waals surface area contributed by atoms with Crippen molar-refractivity contribution in [3.63, 3.8) is 0 Å². The number of hydrogen-bond donors (Lipinski definition) is 4. The summed E-state index contributed by atoms with van der Waals surface area (Å²) in [4.78, 5) is 21.2. The van der Waals surface area contributed by atoms with Crippen molar-refractivity contribution in [3.8, 4) is 0 Å². The lowest BCUT2D eigenvalue weighted by atomic mass is 10.1. The van der Waals surface area contributed by atoms with Crippen molar-refractivity contribution in [2.75, 3.05) is 11.9 Å². The maximum Gasteiger partial charge on any atom is 0.333 e. The number of aromatic nitrogens is 6. The van der Waals surface area contributed by atoms with Gasteiger partial charge in [-0.3, -0.25) is 18.3 Å². The lowest BCUT2D eigenvalue weighted by Gasteiger charge is -2.19. The standard InChI is InChI=1S/C20H26N8O6S/c1-12-2-4-27(25-12)6-7-28-5-3-15(26-28)18(30)14-9-22-11-23-20(14)24-16-8-13(17(29)19(16)31)10-34-35(21,32)33/h2-5,9,11,13,16-17,19,29,31H,6-8,10H2,1H3,(H2,21,32,33)(H,22,23,24)/t13-,16-,17-,19+/m1/s1. The molecule has 14 nitrogen and oxygen atoms in total. The number of nitrogens with two attached hydrogens (primary N) is 1. The molecule has 188 valence electrons. The molecule has 1 saturated carbocycles. The Kier molecular flexibility index (Phi) is 7.23. The van der Waals surface area contributed by atoms with Gasteiger partial charge < -0.3 is 15.5 Å². The molecule has 4 atom stereocenters. The molecule has 1 aliphatic rings. The Balaban J connectivity index is 1.43. The summed E-state index contributed by atoms with van der Waals surface area (Å²) in [6.07, 6.45) is 3.76. The molecule has 0 bridgehead atoms. The third-order valence-corrected chi connectivity index (χ3v) is 6.20. The van der Waals surface area contributed by atoms with Gasteiger partial charge in [0.1, 0.15) is 23.9 Å². The van der Waals surface area contributed by atoms with Crippen LogP contribution in [0.3, 0.4) is 0 Å². The second kappa shape index (κ2) is 10.2. The number of rotatable bonds is 10. The van der Waals surface area contributed by atoms with Gasteiger partial charge in [-0.15, -0.1) is 0 Å². The summed E-state index contributed by atoms with van der Waals surface area (Å²) in [6.45, 7) is 2.61. The van der Waals surface area contributed by atoms with Crippen molar-refractivity contribution in [1.82, 2.24) is 29.5 Å². The fourth-order valence-electron chi connectivity index (χ4n) is 3.94. The second-order valence-electron chi connectivity index (χ2n) is 8.30. The van der Waals surface area contributed by atoms with Crippen LogP contribution in [0.25, 0.3) is 0 Å². The summed E-state index contributed by atoms with van der Waals surface area (Å²) in [5, 5.41) is 37.1. The number of anilines is 1. The summed E-state index contributed by atoms with van der Waals surface area (Å²) in [7, 11) is -4.19. The van der Waals surface area contributed by atoms with E-state index < -0.39 is 40.3 Å². The van der Waals surface area contributed by atoms with Crippen molar-refractivity contribution in [1.29, 1.82) is 0 Å². The number of nitrogens with one attached hydrogen (secondary N) is 1. The van der Waals surface area contributed by atoms with Crippen LogP contribution in [0.4, 0.5) is 5.82 Å². The number of ketones is 1. The number of aryl methyl sites for hydroxylation is 3. The van der Waals surface area contributed by atoms with Gasteiger partial charge in [-0.2, -0.15) is 18.6 Å². The fourth-order valence-corrected chi connectivity index (χ4v) is 4.30. The molecule has 0 aromatic carbocycles. The molecule has 0 unspecified atom stereocenters. The molecule has 5 N–H and O–H groups in total. The molecule has 3 heterocycles. The first-order valence-corrected chi connectivity index (χ1v) is 12.3. The molecular formula is C20H26N8O6S. The van der Waals surface area contributed by atoms with Crippen LogP contribution in [0.15, 0.2) is 37.1 Å². The average Bonchev–Trinajstić information content (AvgIpc) is 3.52. The molecule has 0 spiro atoms. The lowest BCUT2D eigenvalue weighted by molar-refractivity contribution is 0.00778. The van der Waals surface area contributed by atoms with Crippen LogP contribution in [0, 0.1) is 12.8 Å². The van der Waals surface area contributed by atoms with E-state index in [2.05, 4.69) is 29.7 Å². The van der Waals surface area contributed by atoms with Gasteiger partial charge in [-0.25, -0.2) is 15.1 Å². The van der Waals surface area contributed by atoms with Gasteiger partial charge in [0.15, 0.2) is 0 Å². The van der Waals surface area contributed by atoms with Crippen molar-refractivity contribution in [3.05, 3.63) is 54.0 Å². The van der Waals surface area contributed by atoms with Gasteiger partial charge in [-0.05, 0) is 25.5 Å². The first-order chi connectivity index (χ1) is 16.6. The Morgan fingerprint density at radius 2 is 1.91 bits per heavy atom. The average molecular weight is 507 g/mol. The van der Waals surface area contributed by atoms with Crippen LogP contribution in [-0.2, 0) is 27.6 Å². The third-order valence-electron chi connectivity index (χ3n) is 5.73. The molecular weight excluding hydrogens is 480 g/mol. The normalized spacial score (nSPS) is 22.4. The molecule has 3 aromatic rings. The van der Waals surface area contributed by atoms with Crippen molar-refractivity contribution in [2.45, 2.75) is 44.7 Å². The van der Waals surface area contributed by atoms with Crippen LogP contribution in [0.2, 0.25) is 0 Å². The minimum atomic E-state index is -4.19. The number of nitrogens with zero attached hydrogens (tertiary/aromatic N) is 6. The molecule has 1 aliphatic carbocycles. The highest BCUT2D eigenvalue weighted by Gasteiger charge is 2.42. The Bertz CT molecular complexity index is 1290. The molecule has 35 heavy (non-hydrogen) atoms. The van der Waals surface area contributed by atoms with E-state index in [0.29, 0.717) is 13.1 Å². The van der Waals surface area contributed by atoms with E-state index in [-0.39, 0.29) is 30.1 Å². The van der Waals surface area contributed by atoms with Gasteiger partial charge >= 0.3 is 10.3 Å². The first-order valence-electron chi connectivity index (χ1n) is 10.8. The van der Waals surface area contributed by atoms with E-state index >= 15 is 0 Å². The van der Waals surface area contributed by atoms with Crippen molar-refractivity contribution in [2.24, 2.45) is 11.1 Å². The Morgan fingerprint density at radius 3 is 2.60 bits per heavy atom. The molecule has 0 amide bonds. The Morgan fingerprint density at radius 1 is 1.20 bits per heavy atom. The van der Waals surface area contributed by atoms with E-state index in [1.807, 2.05) is 19.2 Å². The van der Waals surface area contributed by atoms with E-state index in [0.717, 1.165) is 5.69 Å². The zero-order chi connectivity index (χ0) is 25.2. The fraction of sp³-hybridized carbons (Fsp3) is 0.450. The van der Waals surface area contributed by atoms with Gasteiger partial charge in [-0.1, -0.05) is 0 Å². The maximum absolute atomic E-state index is 13.1. The van der Waals surface area contributed by atoms with Gasteiger partial charge in [0, 0.05) is 24.5 Å². The monoisotopic (exact) mass is 506 g/mol. The molecule has 0 saturated heterocycles. The molecule has 1 fully saturated rings. The molecule has 15 heteroatoms. The summed E-state index contributed by atoms with van der Waals surface area (Å²) >= 11 is 0. The highest BCUT2D eigenvalue weighted by molar-refractivity contribution is 7.84. The molecule has 0 aliphatic heterocycles. The topological polar surface area (TPSA) is 200 Å². The molecule has 4 rings (SSSR count). The Labute approximate surface area is 201 Å². The summed E-state index contributed by atoms with van der Waals surface area (Å²) in [6, 6.07) is 2.76. The number of aliphatic hydroxyl groups excluding tert-OH is 2. The molecule has 3 aromatic heterocycles. The largest absolute Gasteiger partial charge is 0.390 e. The highest BCUT2D eigenvalue weighted by atomic mass is 32.2. The van der Waals surface area contributed by atoms with Crippen LogP contribution in [0.1, 0.15) is 28.2 Å². The number of aliphatic hydroxyl groups is 2. The van der Waals surface area contributed by atoms with Crippen LogP contribution >= 0.6 is 0 Å². The van der Waals surface area contributed by atoms with Crippen LogP contribution < -0.4 is 10.5 Å². The van der Waals surface area contributed by atoms with Gasteiger partial charge in [0.2, 0.25) is 5.78 Å². The number of carbonyl (C=O) groups excluding carboxylic acids is 1. The summed E-state index contributed by atoms with van der Waals surface area (Å²) in [5.41, 5.74) is 1.23. The smallest absolute Gasteiger partial charge is 0.333 e. The molecule has 0 radical (unpaired) electrons. The van der Waals surface area contributed by atoms with Gasteiger partial charge in [0.05, 0.1) is 43.1 Å². The quantitative estimate of drug-likeness (QED) is 0.242. The zero-order valence-corrected chi connectivity index (χ0v) is 19.6. The predicted molar refractivity (Wildman–Crippen MR) is 121 cm³/mol. The van der Waals surface area contributed by atoms with Crippen molar-refractivity contribution < 1.29 is 27.6 Å². The SMILES string of the molecule is Cc1ccn(CCn2ccc(C(=O)c3cncnc3N[C@@H]3C[C@H](COS(N)(=O)=O)[C@@H](O)[C@H]3O)n2)n1. The van der Waals surface area contributed by atoms with E-state index in [9.17, 15) is 23.4 Å². The second-order valence-corrected chi connectivity index (χ2v) is 9.52. The van der Waals surface area contributed by atoms with E-state index in [1.54, 1.807) is 21.6 Å². The number of carbonyl (C=O) groups is 1. The van der Waals surface area contributed by atoms with Crippen LogP contribution in [-0.4, -0.2) is 78.8 Å². The number of hydrogen-bond acceptors (Lipinski definition) is 11. The summed E-state index contributed by atoms with van der Waals surface area (Å²) < 4.78 is 30.1. The van der Waals surface area contributed by atoms with E-state index in [1.165, 1.54) is 12.5 Å². The van der Waals surface area contributed by atoms with E-state index in [4.69, 9.17) is 5.14 Å². The first kappa shape index (κ1) is 24.9. The third kappa shape index (κ3) is 6.07. The lowest BCUT2D eigenvalue weighted by Crippen LogP contribution is -2.36. The highest BCUT2D eigenvalue weighted by Crippen LogP contribution is 2.30. The maximum atomic E-state index is 13.1. The Hall–Kier alpha value is -3.24. The minimum absolute atomic E-state index is 0.131. The minimum Gasteiger partial charge on any atom is -0.390 e. The summed E-state index contributed by atoms with van der Waals surface area (Å²) in [5.74, 6) is -0.976. The van der Waals surface area contributed by atoms with Gasteiger partial charge in [0.25, 0.3) is 0 Å². The van der Waals surface area contributed by atoms with Crippen molar-refractivity contribution >= 4 is 21.9 Å². The zero-order valence-electron chi connectivity index (χ0n) is 18.8.